The SMILES string of the molecule is Cc1ccc(OCC(=O)N2CCC(C(N)=O)CC2)c(Br)c1. The van der Waals surface area contributed by atoms with Gasteiger partial charge >= 0.3 is 0 Å². The van der Waals surface area contributed by atoms with Gasteiger partial charge in [0.25, 0.3) is 5.91 Å². The molecule has 1 aliphatic rings. The van der Waals surface area contributed by atoms with Gasteiger partial charge in [-0.15, -0.1) is 0 Å². The molecule has 21 heavy (non-hydrogen) atoms. The van der Waals surface area contributed by atoms with Gasteiger partial charge < -0.3 is 15.4 Å². The molecule has 1 aliphatic heterocycles. The summed E-state index contributed by atoms with van der Waals surface area (Å²) in [5, 5.41) is 0. The van der Waals surface area contributed by atoms with Gasteiger partial charge in [0.2, 0.25) is 5.91 Å². The summed E-state index contributed by atoms with van der Waals surface area (Å²) in [4.78, 5) is 24.9. The van der Waals surface area contributed by atoms with Gasteiger partial charge in [0, 0.05) is 19.0 Å². The van der Waals surface area contributed by atoms with Crippen molar-refractivity contribution in [3.05, 3.63) is 28.2 Å². The standard InChI is InChI=1S/C15H19BrN2O3/c1-10-2-3-13(12(16)8-10)21-9-14(19)18-6-4-11(5-7-18)15(17)20/h2-3,8,11H,4-7,9H2,1H3,(H2,17,20). The molecule has 2 amide bonds. The molecule has 1 saturated heterocycles. The number of carbonyl (C=O) groups excluding carboxylic acids is 2. The lowest BCUT2D eigenvalue weighted by Crippen LogP contribution is -2.43. The predicted octanol–water partition coefficient (Wildman–Crippen LogP) is 1.86. The van der Waals surface area contributed by atoms with Gasteiger partial charge in [0.1, 0.15) is 5.75 Å². The minimum Gasteiger partial charge on any atom is -0.483 e. The Labute approximate surface area is 132 Å². The first-order valence-corrected chi connectivity index (χ1v) is 7.72. The zero-order valence-corrected chi connectivity index (χ0v) is 13.6. The Morgan fingerprint density at radius 2 is 2.05 bits per heavy atom. The van der Waals surface area contributed by atoms with Crippen LogP contribution in [0.3, 0.4) is 0 Å². The summed E-state index contributed by atoms with van der Waals surface area (Å²) in [6, 6.07) is 5.72. The number of amides is 2. The van der Waals surface area contributed by atoms with Gasteiger partial charge in [-0.3, -0.25) is 9.59 Å². The maximum atomic E-state index is 12.1. The van der Waals surface area contributed by atoms with Crippen LogP contribution in [0.4, 0.5) is 0 Å². The predicted molar refractivity (Wildman–Crippen MR) is 82.9 cm³/mol. The van der Waals surface area contributed by atoms with E-state index in [1.54, 1.807) is 4.90 Å². The molecule has 0 aromatic heterocycles. The van der Waals surface area contributed by atoms with E-state index in [9.17, 15) is 9.59 Å². The zero-order chi connectivity index (χ0) is 15.4. The van der Waals surface area contributed by atoms with Crippen molar-refractivity contribution in [2.75, 3.05) is 19.7 Å². The number of piperidine rings is 1. The molecule has 0 radical (unpaired) electrons. The molecule has 0 unspecified atom stereocenters. The van der Waals surface area contributed by atoms with Gasteiger partial charge in [-0.25, -0.2) is 0 Å². The van der Waals surface area contributed by atoms with E-state index >= 15 is 0 Å². The number of ether oxygens (including phenoxy) is 1. The van der Waals surface area contributed by atoms with E-state index in [1.165, 1.54) is 0 Å². The van der Waals surface area contributed by atoms with Crippen LogP contribution < -0.4 is 10.5 Å². The van der Waals surface area contributed by atoms with Crippen LogP contribution in [0.25, 0.3) is 0 Å². The minimum atomic E-state index is -0.276. The Morgan fingerprint density at radius 3 is 2.62 bits per heavy atom. The number of hydrogen-bond acceptors (Lipinski definition) is 3. The second-order valence-electron chi connectivity index (χ2n) is 5.28. The quantitative estimate of drug-likeness (QED) is 0.896. The van der Waals surface area contributed by atoms with E-state index in [2.05, 4.69) is 15.9 Å². The highest BCUT2D eigenvalue weighted by Crippen LogP contribution is 2.26. The minimum absolute atomic E-state index is 0.00288. The van der Waals surface area contributed by atoms with Crippen molar-refractivity contribution in [3.63, 3.8) is 0 Å². The number of rotatable bonds is 4. The first kappa shape index (κ1) is 15.8. The molecule has 2 rings (SSSR count). The van der Waals surface area contributed by atoms with E-state index in [0.717, 1.165) is 10.0 Å². The van der Waals surface area contributed by atoms with E-state index in [0.29, 0.717) is 31.7 Å². The number of primary amides is 1. The van der Waals surface area contributed by atoms with Crippen LogP contribution in [0.15, 0.2) is 22.7 Å². The fourth-order valence-corrected chi connectivity index (χ4v) is 2.97. The van der Waals surface area contributed by atoms with E-state index < -0.39 is 0 Å². The average molecular weight is 355 g/mol. The summed E-state index contributed by atoms with van der Waals surface area (Å²) in [7, 11) is 0. The molecule has 1 heterocycles. The normalized spacial score (nSPS) is 15.8. The summed E-state index contributed by atoms with van der Waals surface area (Å²) < 4.78 is 6.39. The Morgan fingerprint density at radius 1 is 1.38 bits per heavy atom. The summed E-state index contributed by atoms with van der Waals surface area (Å²) in [6.45, 7) is 3.11. The molecule has 0 saturated carbocycles. The number of carbonyl (C=O) groups is 2. The maximum absolute atomic E-state index is 12.1. The van der Waals surface area contributed by atoms with E-state index in [1.807, 2.05) is 25.1 Å². The number of nitrogens with two attached hydrogens (primary N) is 1. The molecular formula is C15H19BrN2O3. The smallest absolute Gasteiger partial charge is 0.260 e. The lowest BCUT2D eigenvalue weighted by molar-refractivity contribution is -0.136. The summed E-state index contributed by atoms with van der Waals surface area (Å²) in [5.74, 6) is 0.203. The highest BCUT2D eigenvalue weighted by atomic mass is 79.9. The molecule has 0 aliphatic carbocycles. The molecule has 0 atom stereocenters. The molecule has 1 aromatic carbocycles. The Kier molecular flexibility index (Phi) is 5.22. The monoisotopic (exact) mass is 354 g/mol. The summed E-state index contributed by atoms with van der Waals surface area (Å²) >= 11 is 3.42. The van der Waals surface area contributed by atoms with Crippen molar-refractivity contribution in [2.45, 2.75) is 19.8 Å². The summed E-state index contributed by atoms with van der Waals surface area (Å²) in [6.07, 6.45) is 1.27. The molecule has 6 heteroatoms. The van der Waals surface area contributed by atoms with Gasteiger partial charge in [-0.1, -0.05) is 6.07 Å². The molecule has 0 spiro atoms. The molecule has 5 nitrogen and oxygen atoms in total. The van der Waals surface area contributed by atoms with Gasteiger partial charge in [0.15, 0.2) is 6.61 Å². The van der Waals surface area contributed by atoms with Crippen LogP contribution in [0.2, 0.25) is 0 Å². The van der Waals surface area contributed by atoms with Crippen LogP contribution in [0.5, 0.6) is 5.75 Å². The fourth-order valence-electron chi connectivity index (χ4n) is 2.37. The molecule has 0 bridgehead atoms. The van der Waals surface area contributed by atoms with Crippen molar-refractivity contribution >= 4 is 27.7 Å². The van der Waals surface area contributed by atoms with Gasteiger partial charge in [-0.2, -0.15) is 0 Å². The lowest BCUT2D eigenvalue weighted by atomic mass is 9.96. The van der Waals surface area contributed by atoms with Crippen LogP contribution in [0, 0.1) is 12.8 Å². The molecule has 2 N–H and O–H groups in total. The third-order valence-corrected chi connectivity index (χ3v) is 4.31. The van der Waals surface area contributed by atoms with Crippen LogP contribution in [-0.4, -0.2) is 36.4 Å². The third-order valence-electron chi connectivity index (χ3n) is 3.69. The van der Waals surface area contributed by atoms with Gasteiger partial charge in [-0.05, 0) is 53.4 Å². The number of aryl methyl sites for hydroxylation is 1. The Balaban J connectivity index is 1.84. The number of halogens is 1. The second-order valence-corrected chi connectivity index (χ2v) is 6.13. The molecule has 1 aromatic rings. The number of nitrogens with zero attached hydrogens (tertiary/aromatic N) is 1. The highest BCUT2D eigenvalue weighted by Gasteiger charge is 2.26. The second kappa shape index (κ2) is 6.93. The van der Waals surface area contributed by atoms with Crippen LogP contribution >= 0.6 is 15.9 Å². The number of likely N-dealkylation sites (tertiary alicyclic amines) is 1. The van der Waals surface area contributed by atoms with E-state index in [4.69, 9.17) is 10.5 Å². The van der Waals surface area contributed by atoms with Crippen molar-refractivity contribution < 1.29 is 14.3 Å². The Hall–Kier alpha value is -1.56. The topological polar surface area (TPSA) is 72.6 Å². The highest BCUT2D eigenvalue weighted by molar-refractivity contribution is 9.10. The zero-order valence-electron chi connectivity index (χ0n) is 12.0. The number of benzene rings is 1. The van der Waals surface area contributed by atoms with Crippen molar-refractivity contribution in [1.29, 1.82) is 0 Å². The van der Waals surface area contributed by atoms with E-state index in [-0.39, 0.29) is 24.3 Å². The Bertz CT molecular complexity index is 540. The molecule has 1 fully saturated rings. The summed E-state index contributed by atoms with van der Waals surface area (Å²) in [5.41, 5.74) is 6.40. The average Bonchev–Trinajstić information content (AvgIpc) is 2.46. The largest absolute Gasteiger partial charge is 0.483 e. The van der Waals surface area contributed by atoms with Crippen molar-refractivity contribution in [1.82, 2.24) is 4.90 Å². The maximum Gasteiger partial charge on any atom is 0.260 e. The first-order valence-electron chi connectivity index (χ1n) is 6.93. The van der Waals surface area contributed by atoms with Crippen LogP contribution in [-0.2, 0) is 9.59 Å². The number of hydrogen-bond donors (Lipinski definition) is 1. The third kappa shape index (κ3) is 4.20. The van der Waals surface area contributed by atoms with Crippen LogP contribution in [0.1, 0.15) is 18.4 Å². The molecular weight excluding hydrogens is 336 g/mol. The molecule has 114 valence electrons. The lowest BCUT2D eigenvalue weighted by Gasteiger charge is -2.30. The fraction of sp³-hybridized carbons (Fsp3) is 0.467. The van der Waals surface area contributed by atoms with Crippen molar-refractivity contribution in [2.24, 2.45) is 11.7 Å². The van der Waals surface area contributed by atoms with Gasteiger partial charge in [0.05, 0.1) is 4.47 Å². The first-order chi connectivity index (χ1) is 9.97. The van der Waals surface area contributed by atoms with Crippen molar-refractivity contribution in [3.8, 4) is 5.75 Å².